The van der Waals surface area contributed by atoms with Crippen LogP contribution in [0.2, 0.25) is 0 Å². The van der Waals surface area contributed by atoms with E-state index < -0.39 is 0 Å². The zero-order valence-corrected chi connectivity index (χ0v) is 17.1. The maximum atomic E-state index is 13.5. The van der Waals surface area contributed by atoms with Gasteiger partial charge in [-0.2, -0.15) is 0 Å². The fraction of sp³-hybridized carbons (Fsp3) is 0.111. The number of hydrogen-bond donors (Lipinski definition) is 0. The number of benzene rings is 3. The maximum Gasteiger partial charge on any atom is 0.191 e. The van der Waals surface area contributed by atoms with Gasteiger partial charge in [0.15, 0.2) is 11.6 Å². The van der Waals surface area contributed by atoms with Crippen LogP contribution < -0.4 is 0 Å². The molecule has 3 aromatic carbocycles. The third-order valence-corrected chi connectivity index (χ3v) is 5.58. The van der Waals surface area contributed by atoms with Crippen LogP contribution >= 0.6 is 0 Å². The number of hydrogen-bond acceptors (Lipinski definition) is 3. The van der Waals surface area contributed by atoms with Crippen LogP contribution in [0.5, 0.6) is 0 Å². The highest BCUT2D eigenvalue weighted by Gasteiger charge is 2.31. The summed E-state index contributed by atoms with van der Waals surface area (Å²) in [4.78, 5) is 28.8. The quantitative estimate of drug-likeness (QED) is 0.516. The second-order valence-corrected chi connectivity index (χ2v) is 7.38. The summed E-state index contributed by atoms with van der Waals surface area (Å²) in [7, 11) is 1.92. The molecule has 148 valence electrons. The van der Waals surface area contributed by atoms with E-state index in [4.69, 9.17) is 0 Å². The Kier molecular flexibility index (Phi) is 5.44. The van der Waals surface area contributed by atoms with Crippen LogP contribution in [0.3, 0.4) is 0 Å². The lowest BCUT2D eigenvalue weighted by atomic mass is 9.85. The number of carbonyl (C=O) groups excluding carboxylic acids is 2. The van der Waals surface area contributed by atoms with E-state index in [2.05, 4.69) is 0 Å². The summed E-state index contributed by atoms with van der Waals surface area (Å²) in [6.07, 6.45) is 0.307. The summed E-state index contributed by atoms with van der Waals surface area (Å²) in [6.45, 7) is 1.95. The molecule has 3 aromatic rings. The Labute approximate surface area is 177 Å². The molecule has 3 nitrogen and oxygen atoms in total. The second kappa shape index (κ2) is 8.34. The van der Waals surface area contributed by atoms with Crippen molar-refractivity contribution < 1.29 is 9.59 Å². The van der Waals surface area contributed by atoms with Crippen molar-refractivity contribution in [2.75, 3.05) is 7.05 Å². The van der Waals surface area contributed by atoms with Crippen molar-refractivity contribution in [2.24, 2.45) is 0 Å². The molecular weight excluding hydrogens is 370 g/mol. The molecule has 3 heteroatoms. The number of ketones is 2. The third-order valence-electron chi connectivity index (χ3n) is 5.58. The van der Waals surface area contributed by atoms with E-state index in [9.17, 15) is 9.59 Å². The Morgan fingerprint density at radius 3 is 1.60 bits per heavy atom. The van der Waals surface area contributed by atoms with E-state index in [1.54, 1.807) is 0 Å². The molecule has 1 aliphatic heterocycles. The number of rotatable bonds is 5. The van der Waals surface area contributed by atoms with Crippen molar-refractivity contribution in [1.29, 1.82) is 0 Å². The van der Waals surface area contributed by atoms with E-state index in [0.29, 0.717) is 28.7 Å². The minimum absolute atomic E-state index is 0.0366. The molecule has 30 heavy (non-hydrogen) atoms. The molecule has 0 N–H and O–H groups in total. The lowest BCUT2D eigenvalue weighted by Crippen LogP contribution is -2.27. The predicted octanol–water partition coefficient (Wildman–Crippen LogP) is 5.77. The number of Topliss-reactive ketones (excluding diaryl/α,β-unsaturated/α-hetero) is 2. The van der Waals surface area contributed by atoms with Gasteiger partial charge in [-0.25, -0.2) is 0 Å². The minimum Gasteiger partial charge on any atom is -0.347 e. The summed E-state index contributed by atoms with van der Waals surface area (Å²) < 4.78 is 0. The summed E-state index contributed by atoms with van der Waals surface area (Å²) in [5.41, 5.74) is 5.24. The average Bonchev–Trinajstić information content (AvgIpc) is 2.81. The van der Waals surface area contributed by atoms with E-state index in [1.807, 2.05) is 110 Å². The van der Waals surface area contributed by atoms with Crippen LogP contribution in [-0.2, 0) is 0 Å². The Morgan fingerprint density at radius 1 is 0.667 bits per heavy atom. The first kappa shape index (κ1) is 19.6. The van der Waals surface area contributed by atoms with E-state index in [1.165, 1.54) is 0 Å². The van der Waals surface area contributed by atoms with Crippen LogP contribution in [0.1, 0.15) is 39.6 Å². The van der Waals surface area contributed by atoms with Gasteiger partial charge in [0.1, 0.15) is 0 Å². The normalized spacial score (nSPS) is 14.1. The molecule has 0 saturated carbocycles. The van der Waals surface area contributed by atoms with Crippen LogP contribution in [0.15, 0.2) is 108 Å². The molecule has 0 amide bonds. The zero-order valence-electron chi connectivity index (χ0n) is 17.1. The van der Waals surface area contributed by atoms with Gasteiger partial charge in [0, 0.05) is 41.4 Å². The van der Waals surface area contributed by atoms with Crippen molar-refractivity contribution in [3.63, 3.8) is 0 Å². The van der Waals surface area contributed by atoms with Crippen LogP contribution in [0.4, 0.5) is 0 Å². The molecule has 0 saturated heterocycles. The number of nitrogens with zero attached hydrogens (tertiary/aromatic N) is 1. The van der Waals surface area contributed by atoms with Crippen molar-refractivity contribution in [2.45, 2.75) is 13.3 Å². The molecule has 4 rings (SSSR count). The van der Waals surface area contributed by atoms with Gasteiger partial charge in [-0.1, -0.05) is 91.0 Å². The zero-order chi connectivity index (χ0) is 21.1. The highest BCUT2D eigenvalue weighted by molar-refractivity contribution is 6.17. The molecule has 1 aliphatic rings. The molecule has 0 unspecified atom stereocenters. The van der Waals surface area contributed by atoms with Gasteiger partial charge in [-0.05, 0) is 12.5 Å². The van der Waals surface area contributed by atoms with Crippen LogP contribution in [0.25, 0.3) is 5.70 Å². The van der Waals surface area contributed by atoms with Gasteiger partial charge in [-0.15, -0.1) is 0 Å². The molecule has 0 atom stereocenters. The van der Waals surface area contributed by atoms with Gasteiger partial charge >= 0.3 is 0 Å². The van der Waals surface area contributed by atoms with E-state index in [-0.39, 0.29) is 11.6 Å². The van der Waals surface area contributed by atoms with Crippen molar-refractivity contribution in [3.05, 3.63) is 125 Å². The molecule has 1 heterocycles. The van der Waals surface area contributed by atoms with Gasteiger partial charge in [-0.3, -0.25) is 9.59 Å². The third kappa shape index (κ3) is 3.62. The Bertz CT molecular complexity index is 1140. The van der Waals surface area contributed by atoms with E-state index >= 15 is 0 Å². The van der Waals surface area contributed by atoms with Crippen molar-refractivity contribution in [1.82, 2.24) is 4.90 Å². The smallest absolute Gasteiger partial charge is 0.191 e. The first-order chi connectivity index (χ1) is 14.6. The summed E-state index contributed by atoms with van der Waals surface area (Å²) in [6, 6.07) is 28.4. The average molecular weight is 393 g/mol. The topological polar surface area (TPSA) is 37.4 Å². The first-order valence-electron chi connectivity index (χ1n) is 9.99. The van der Waals surface area contributed by atoms with E-state index in [0.717, 1.165) is 17.0 Å². The number of allylic oxidation sites excluding steroid dienone is 3. The largest absolute Gasteiger partial charge is 0.347 e. The Morgan fingerprint density at radius 2 is 1.10 bits per heavy atom. The molecular formula is C27H23NO2. The van der Waals surface area contributed by atoms with Gasteiger partial charge in [0.2, 0.25) is 0 Å². The molecule has 0 radical (unpaired) electrons. The molecule has 0 fully saturated rings. The lowest BCUT2D eigenvalue weighted by molar-refractivity contribution is 0.102. The summed E-state index contributed by atoms with van der Waals surface area (Å²) >= 11 is 0. The lowest BCUT2D eigenvalue weighted by Gasteiger charge is -2.33. The van der Waals surface area contributed by atoms with Gasteiger partial charge in [0.25, 0.3) is 0 Å². The number of carbonyl (C=O) groups is 2. The minimum atomic E-state index is -0.0489. The fourth-order valence-electron chi connectivity index (χ4n) is 3.88. The highest BCUT2D eigenvalue weighted by Crippen LogP contribution is 2.37. The molecule has 0 aromatic heterocycles. The first-order valence-corrected chi connectivity index (χ1v) is 9.99. The molecule has 0 spiro atoms. The Balaban J connectivity index is 1.84. The van der Waals surface area contributed by atoms with Crippen molar-refractivity contribution >= 4 is 17.3 Å². The monoisotopic (exact) mass is 393 g/mol. The fourth-order valence-corrected chi connectivity index (χ4v) is 3.88. The second-order valence-electron chi connectivity index (χ2n) is 7.38. The Hall–Kier alpha value is -3.72. The van der Waals surface area contributed by atoms with Crippen molar-refractivity contribution in [3.8, 4) is 0 Å². The summed E-state index contributed by atoms with van der Waals surface area (Å²) in [5, 5.41) is 0. The van der Waals surface area contributed by atoms with Gasteiger partial charge in [0.05, 0.1) is 5.70 Å². The SMILES string of the molecule is CC1=C(C(=O)c2ccccc2)CC(C(=O)c2ccccc2)=C(c2ccccc2)N1C. The molecule has 0 bridgehead atoms. The standard InChI is InChI=1S/C27H23NO2/c1-19-23(26(29)21-14-8-4-9-15-21)18-24(27(30)22-16-10-5-11-17-22)25(28(19)2)20-12-6-3-7-13-20/h3-17H,18H2,1-2H3. The van der Waals surface area contributed by atoms with Crippen LogP contribution in [-0.4, -0.2) is 23.5 Å². The predicted molar refractivity (Wildman–Crippen MR) is 120 cm³/mol. The van der Waals surface area contributed by atoms with Gasteiger partial charge < -0.3 is 4.90 Å². The maximum absolute atomic E-state index is 13.5. The highest BCUT2D eigenvalue weighted by atomic mass is 16.1. The molecule has 0 aliphatic carbocycles. The van der Waals surface area contributed by atoms with Crippen LogP contribution in [0, 0.1) is 0 Å². The summed E-state index contributed by atoms with van der Waals surface area (Å²) in [5.74, 6) is -0.0856.